The Labute approximate surface area is 186 Å². The normalized spacial score (nSPS) is 18.6. The lowest BCUT2D eigenvalue weighted by atomic mass is 9.82. The Bertz CT molecular complexity index is 916. The van der Waals surface area contributed by atoms with Gasteiger partial charge < -0.3 is 15.4 Å². The SMILES string of the molecule is COc1ccc(C(C)C)cc1CN[C@H]1CCN[C@H]1C(c1ccccc1)c1ccccc1. The molecule has 1 saturated heterocycles. The molecule has 3 heteroatoms. The largest absolute Gasteiger partial charge is 0.496 e. The van der Waals surface area contributed by atoms with Crippen LogP contribution in [0.5, 0.6) is 5.75 Å². The average molecular weight is 415 g/mol. The van der Waals surface area contributed by atoms with Gasteiger partial charge in [0.15, 0.2) is 0 Å². The second-order valence-corrected chi connectivity index (χ2v) is 8.78. The quantitative estimate of drug-likeness (QED) is 0.513. The average Bonchev–Trinajstić information content (AvgIpc) is 3.27. The van der Waals surface area contributed by atoms with Gasteiger partial charge in [-0.2, -0.15) is 0 Å². The van der Waals surface area contributed by atoms with Crippen LogP contribution in [-0.4, -0.2) is 25.7 Å². The molecule has 0 spiro atoms. The van der Waals surface area contributed by atoms with E-state index in [1.165, 1.54) is 22.3 Å². The van der Waals surface area contributed by atoms with Crippen LogP contribution >= 0.6 is 0 Å². The molecule has 3 aromatic rings. The van der Waals surface area contributed by atoms with E-state index in [0.29, 0.717) is 23.9 Å². The Morgan fingerprint density at radius 2 is 1.55 bits per heavy atom. The van der Waals surface area contributed by atoms with E-state index >= 15 is 0 Å². The van der Waals surface area contributed by atoms with Crippen molar-refractivity contribution < 1.29 is 4.74 Å². The molecule has 3 nitrogen and oxygen atoms in total. The second-order valence-electron chi connectivity index (χ2n) is 8.78. The molecular weight excluding hydrogens is 380 g/mol. The summed E-state index contributed by atoms with van der Waals surface area (Å²) in [5, 5.41) is 7.67. The molecule has 4 rings (SSSR count). The Hall–Kier alpha value is -2.62. The van der Waals surface area contributed by atoms with Crippen molar-refractivity contribution in [2.75, 3.05) is 13.7 Å². The van der Waals surface area contributed by atoms with Crippen molar-refractivity contribution in [3.05, 3.63) is 101 Å². The van der Waals surface area contributed by atoms with Crippen molar-refractivity contribution in [3.63, 3.8) is 0 Å². The Balaban J connectivity index is 1.58. The predicted molar refractivity (Wildman–Crippen MR) is 129 cm³/mol. The first-order valence-electron chi connectivity index (χ1n) is 11.4. The number of ether oxygens (including phenoxy) is 1. The number of rotatable bonds is 8. The third-order valence-electron chi connectivity index (χ3n) is 6.47. The summed E-state index contributed by atoms with van der Waals surface area (Å²) in [6, 6.07) is 29.1. The Morgan fingerprint density at radius 1 is 0.903 bits per heavy atom. The van der Waals surface area contributed by atoms with E-state index in [4.69, 9.17) is 4.74 Å². The highest BCUT2D eigenvalue weighted by Crippen LogP contribution is 2.33. The standard InChI is InChI=1S/C28H34N2O/c1-20(2)23-14-15-26(31-3)24(18-23)19-30-25-16-17-29-28(25)27(21-10-6-4-7-11-21)22-12-8-5-9-13-22/h4-15,18,20,25,27-30H,16-17,19H2,1-3H3/t25-,28+/m0/s1. The summed E-state index contributed by atoms with van der Waals surface area (Å²) in [5.41, 5.74) is 5.30. The Kier molecular flexibility index (Phi) is 7.06. The summed E-state index contributed by atoms with van der Waals surface area (Å²) in [4.78, 5) is 0. The van der Waals surface area contributed by atoms with E-state index < -0.39 is 0 Å². The van der Waals surface area contributed by atoms with Crippen LogP contribution in [0.1, 0.15) is 54.4 Å². The summed E-state index contributed by atoms with van der Waals surface area (Å²) in [6.45, 7) is 6.31. The third kappa shape index (κ3) is 5.00. The van der Waals surface area contributed by atoms with Crippen molar-refractivity contribution in [2.24, 2.45) is 0 Å². The second kappa shape index (κ2) is 10.1. The monoisotopic (exact) mass is 414 g/mol. The lowest BCUT2D eigenvalue weighted by Gasteiger charge is -2.30. The molecule has 2 atom stereocenters. The fourth-order valence-electron chi connectivity index (χ4n) is 4.77. The first kappa shape index (κ1) is 21.6. The maximum absolute atomic E-state index is 5.65. The first-order valence-corrected chi connectivity index (χ1v) is 11.4. The van der Waals surface area contributed by atoms with Gasteiger partial charge in [-0.05, 0) is 41.6 Å². The maximum Gasteiger partial charge on any atom is 0.123 e. The van der Waals surface area contributed by atoms with Crippen molar-refractivity contribution in [3.8, 4) is 5.75 Å². The van der Waals surface area contributed by atoms with Crippen LogP contribution in [0.15, 0.2) is 78.9 Å². The van der Waals surface area contributed by atoms with Gasteiger partial charge in [0.25, 0.3) is 0 Å². The fourth-order valence-corrected chi connectivity index (χ4v) is 4.77. The highest BCUT2D eigenvalue weighted by molar-refractivity contribution is 5.39. The first-order chi connectivity index (χ1) is 15.2. The molecule has 3 aromatic carbocycles. The van der Waals surface area contributed by atoms with E-state index in [2.05, 4.69) is 103 Å². The van der Waals surface area contributed by atoms with E-state index in [0.717, 1.165) is 25.3 Å². The molecule has 0 amide bonds. The van der Waals surface area contributed by atoms with Crippen LogP contribution in [0.3, 0.4) is 0 Å². The van der Waals surface area contributed by atoms with E-state index in [9.17, 15) is 0 Å². The topological polar surface area (TPSA) is 33.3 Å². The summed E-state index contributed by atoms with van der Waals surface area (Å²) in [6.07, 6.45) is 1.12. The number of methoxy groups -OCH3 is 1. The smallest absolute Gasteiger partial charge is 0.123 e. The molecule has 0 aromatic heterocycles. The minimum absolute atomic E-state index is 0.311. The van der Waals surface area contributed by atoms with Gasteiger partial charge in [0.2, 0.25) is 0 Å². The highest BCUT2D eigenvalue weighted by atomic mass is 16.5. The molecule has 31 heavy (non-hydrogen) atoms. The van der Waals surface area contributed by atoms with Crippen LogP contribution in [0, 0.1) is 0 Å². The molecular formula is C28H34N2O. The van der Waals surface area contributed by atoms with E-state index in [1.807, 2.05) is 0 Å². The number of hydrogen-bond acceptors (Lipinski definition) is 3. The van der Waals surface area contributed by atoms with Crippen LogP contribution in [0.25, 0.3) is 0 Å². The molecule has 1 aliphatic heterocycles. The zero-order valence-electron chi connectivity index (χ0n) is 18.8. The molecule has 1 aliphatic rings. The van der Waals surface area contributed by atoms with Crippen molar-refractivity contribution >= 4 is 0 Å². The lowest BCUT2D eigenvalue weighted by molar-refractivity contribution is 0.393. The molecule has 2 N–H and O–H groups in total. The van der Waals surface area contributed by atoms with Gasteiger partial charge in [-0.3, -0.25) is 0 Å². The van der Waals surface area contributed by atoms with Crippen molar-refractivity contribution in [1.82, 2.24) is 10.6 Å². The van der Waals surface area contributed by atoms with Crippen LogP contribution in [0.4, 0.5) is 0 Å². The van der Waals surface area contributed by atoms with Crippen LogP contribution in [0.2, 0.25) is 0 Å². The summed E-state index contributed by atoms with van der Waals surface area (Å²) < 4.78 is 5.65. The van der Waals surface area contributed by atoms with E-state index in [1.54, 1.807) is 7.11 Å². The molecule has 0 bridgehead atoms. The van der Waals surface area contributed by atoms with Gasteiger partial charge in [0.1, 0.15) is 5.75 Å². The van der Waals surface area contributed by atoms with Gasteiger partial charge in [-0.15, -0.1) is 0 Å². The highest BCUT2D eigenvalue weighted by Gasteiger charge is 2.35. The number of nitrogens with one attached hydrogen (secondary N) is 2. The Morgan fingerprint density at radius 3 is 2.13 bits per heavy atom. The van der Waals surface area contributed by atoms with Gasteiger partial charge in [0, 0.05) is 30.1 Å². The summed E-state index contributed by atoms with van der Waals surface area (Å²) in [7, 11) is 1.76. The minimum Gasteiger partial charge on any atom is -0.496 e. The molecule has 0 saturated carbocycles. The molecule has 162 valence electrons. The van der Waals surface area contributed by atoms with Crippen molar-refractivity contribution in [1.29, 1.82) is 0 Å². The predicted octanol–water partition coefficient (Wildman–Crippen LogP) is 5.47. The summed E-state index contributed by atoms with van der Waals surface area (Å²) in [5.74, 6) is 1.78. The molecule has 0 radical (unpaired) electrons. The number of hydrogen-bond donors (Lipinski definition) is 2. The molecule has 1 fully saturated rings. The van der Waals surface area contributed by atoms with Crippen LogP contribution < -0.4 is 15.4 Å². The van der Waals surface area contributed by atoms with Gasteiger partial charge in [-0.25, -0.2) is 0 Å². The van der Waals surface area contributed by atoms with Crippen LogP contribution in [-0.2, 0) is 6.54 Å². The number of benzene rings is 3. The fraction of sp³-hybridized carbons (Fsp3) is 0.357. The minimum atomic E-state index is 0.311. The zero-order valence-corrected chi connectivity index (χ0v) is 18.8. The van der Waals surface area contributed by atoms with Gasteiger partial charge in [-0.1, -0.05) is 86.6 Å². The zero-order chi connectivity index (χ0) is 21.6. The molecule has 1 heterocycles. The van der Waals surface area contributed by atoms with Crippen molar-refractivity contribution in [2.45, 2.75) is 50.7 Å². The summed E-state index contributed by atoms with van der Waals surface area (Å²) >= 11 is 0. The third-order valence-corrected chi connectivity index (χ3v) is 6.47. The molecule has 0 aliphatic carbocycles. The van der Waals surface area contributed by atoms with Gasteiger partial charge >= 0.3 is 0 Å². The van der Waals surface area contributed by atoms with Gasteiger partial charge in [0.05, 0.1) is 7.11 Å². The van der Waals surface area contributed by atoms with E-state index in [-0.39, 0.29) is 0 Å². The molecule has 0 unspecified atom stereocenters. The lowest BCUT2D eigenvalue weighted by Crippen LogP contribution is -2.44. The maximum atomic E-state index is 5.65.